The van der Waals surface area contributed by atoms with Gasteiger partial charge in [0.2, 0.25) is 5.91 Å². The molecule has 1 aromatic carbocycles. The molecular formula is C28H33F4N5O5. The summed E-state index contributed by atoms with van der Waals surface area (Å²) in [5.41, 5.74) is 0.562. The predicted molar refractivity (Wildman–Crippen MR) is 142 cm³/mol. The van der Waals surface area contributed by atoms with Crippen molar-refractivity contribution in [1.29, 1.82) is 0 Å². The van der Waals surface area contributed by atoms with E-state index in [-0.39, 0.29) is 63.1 Å². The van der Waals surface area contributed by atoms with Gasteiger partial charge in [-0.15, -0.1) is 5.06 Å². The van der Waals surface area contributed by atoms with Gasteiger partial charge in [0.15, 0.2) is 0 Å². The van der Waals surface area contributed by atoms with Gasteiger partial charge in [0.1, 0.15) is 11.4 Å². The third-order valence-electron chi connectivity index (χ3n) is 8.03. The highest BCUT2D eigenvalue weighted by molar-refractivity contribution is 5.95. The Morgan fingerprint density at radius 3 is 2.36 bits per heavy atom. The molecule has 4 rings (SSSR count). The smallest absolute Gasteiger partial charge is 0.360 e. The van der Waals surface area contributed by atoms with Crippen LogP contribution in [0.2, 0.25) is 0 Å². The van der Waals surface area contributed by atoms with E-state index in [0.29, 0.717) is 35.2 Å². The molecule has 1 aromatic heterocycles. The van der Waals surface area contributed by atoms with Gasteiger partial charge in [-0.1, -0.05) is 19.4 Å². The van der Waals surface area contributed by atoms with Crippen LogP contribution < -0.4 is 5.56 Å². The number of hydrogen-bond acceptors (Lipinski definition) is 7. The zero-order valence-electron chi connectivity index (χ0n) is 23.6. The second-order valence-electron chi connectivity index (χ2n) is 10.7. The fraction of sp³-hybridized carbons (Fsp3) is 0.536. The number of hydrogen-bond donors (Lipinski definition) is 1. The summed E-state index contributed by atoms with van der Waals surface area (Å²) in [6, 6.07) is 4.18. The fourth-order valence-electron chi connectivity index (χ4n) is 5.58. The summed E-state index contributed by atoms with van der Waals surface area (Å²) in [6.07, 6.45) is -3.67. The van der Waals surface area contributed by atoms with E-state index in [1.807, 2.05) is 0 Å². The lowest BCUT2D eigenvalue weighted by molar-refractivity contribution is -0.252. The van der Waals surface area contributed by atoms with Crippen LogP contribution in [0.4, 0.5) is 17.6 Å². The summed E-state index contributed by atoms with van der Waals surface area (Å²) in [5.74, 6) is -4.11. The van der Waals surface area contributed by atoms with Gasteiger partial charge in [0, 0.05) is 44.7 Å². The molecule has 0 spiro atoms. The maximum absolute atomic E-state index is 14.8. The number of halogens is 4. The first-order valence-corrected chi connectivity index (χ1v) is 13.8. The van der Waals surface area contributed by atoms with Gasteiger partial charge in [0.25, 0.3) is 11.5 Å². The average molecular weight is 596 g/mol. The van der Waals surface area contributed by atoms with Crippen molar-refractivity contribution in [2.24, 2.45) is 0 Å². The summed E-state index contributed by atoms with van der Waals surface area (Å²) in [7, 11) is 0. The van der Waals surface area contributed by atoms with Crippen LogP contribution in [0.15, 0.2) is 23.0 Å². The highest BCUT2D eigenvalue weighted by Gasteiger charge is 2.53. The van der Waals surface area contributed by atoms with Crippen molar-refractivity contribution in [2.75, 3.05) is 32.7 Å². The largest absolute Gasteiger partial charge is 0.492 e. The van der Waals surface area contributed by atoms with Crippen LogP contribution in [-0.2, 0) is 20.8 Å². The summed E-state index contributed by atoms with van der Waals surface area (Å²) < 4.78 is 53.4. The van der Waals surface area contributed by atoms with Crippen molar-refractivity contribution >= 4 is 17.8 Å². The topological polar surface area (TPSA) is 116 Å². The molecule has 2 aliphatic heterocycles. The molecule has 1 N–H and O–H groups in total. The maximum atomic E-state index is 14.8. The standard InChI is InChI=1S/C28H33F4N5O5/c1-4-8-27(9-5-10-37(27)42-26(41)28(30,31)32)25(40)36-13-11-35(12-14-36)24(39)20-15-19(6-7-21(20)29)16-22-17(2)18(3)23(38)34-33-22/h6-7,15H,4-5,8-14,16H2,1-3H3,(H,34,38). The van der Waals surface area contributed by atoms with Gasteiger partial charge in [-0.05, 0) is 56.4 Å². The van der Waals surface area contributed by atoms with Gasteiger partial charge in [-0.3, -0.25) is 14.4 Å². The lowest BCUT2D eigenvalue weighted by Crippen LogP contribution is -2.61. The zero-order chi connectivity index (χ0) is 30.8. The quantitative estimate of drug-likeness (QED) is 0.490. The number of benzene rings is 1. The third-order valence-corrected chi connectivity index (χ3v) is 8.03. The molecule has 10 nitrogen and oxygen atoms in total. The Morgan fingerprint density at radius 2 is 1.71 bits per heavy atom. The summed E-state index contributed by atoms with van der Waals surface area (Å²) in [4.78, 5) is 57.8. The molecule has 2 aliphatic rings. The number of alkyl halides is 3. The number of carbonyl (C=O) groups excluding carboxylic acids is 3. The molecule has 2 fully saturated rings. The number of aromatic nitrogens is 2. The van der Waals surface area contributed by atoms with E-state index in [4.69, 9.17) is 0 Å². The minimum Gasteiger partial charge on any atom is -0.360 e. The van der Waals surface area contributed by atoms with Crippen molar-refractivity contribution in [2.45, 2.75) is 64.6 Å². The molecule has 1 atom stereocenters. The van der Waals surface area contributed by atoms with E-state index < -0.39 is 35.3 Å². The molecule has 3 heterocycles. The fourth-order valence-corrected chi connectivity index (χ4v) is 5.58. The predicted octanol–water partition coefficient (Wildman–Crippen LogP) is 3.06. The van der Waals surface area contributed by atoms with Gasteiger partial charge >= 0.3 is 12.1 Å². The normalized spacial score (nSPS) is 19.7. The minimum absolute atomic E-state index is 0.00466. The van der Waals surface area contributed by atoms with Crippen molar-refractivity contribution in [3.05, 3.63) is 62.3 Å². The van der Waals surface area contributed by atoms with Crippen LogP contribution in [0, 0.1) is 19.7 Å². The molecule has 0 bridgehead atoms. The van der Waals surface area contributed by atoms with Crippen LogP contribution >= 0.6 is 0 Å². The monoisotopic (exact) mass is 595 g/mol. The Labute approximate surface area is 239 Å². The zero-order valence-corrected chi connectivity index (χ0v) is 23.6. The van der Waals surface area contributed by atoms with Crippen LogP contribution in [-0.4, -0.2) is 87.3 Å². The van der Waals surface area contributed by atoms with E-state index in [9.17, 15) is 36.7 Å². The van der Waals surface area contributed by atoms with Crippen molar-refractivity contribution in [3.8, 4) is 0 Å². The van der Waals surface area contributed by atoms with Gasteiger partial charge in [-0.2, -0.15) is 18.3 Å². The SMILES string of the molecule is CCCC1(C(=O)N2CCN(C(=O)c3cc(Cc4n[nH]c(=O)c(C)c4C)ccc3F)CC2)CCCN1OC(=O)C(F)(F)F. The van der Waals surface area contributed by atoms with Crippen LogP contribution in [0.1, 0.15) is 65.3 Å². The lowest BCUT2D eigenvalue weighted by Gasteiger charge is -2.42. The Bertz CT molecular complexity index is 1420. The molecule has 2 saturated heterocycles. The van der Waals surface area contributed by atoms with Crippen LogP contribution in [0.5, 0.6) is 0 Å². The van der Waals surface area contributed by atoms with Crippen molar-refractivity contribution < 1.29 is 36.8 Å². The van der Waals surface area contributed by atoms with Crippen LogP contribution in [0.25, 0.3) is 0 Å². The Balaban J connectivity index is 1.45. The van der Waals surface area contributed by atoms with E-state index in [1.165, 1.54) is 28.0 Å². The van der Waals surface area contributed by atoms with E-state index in [0.717, 1.165) is 5.06 Å². The Kier molecular flexibility index (Phi) is 9.04. The number of amides is 2. The first kappa shape index (κ1) is 31.1. The van der Waals surface area contributed by atoms with Crippen LogP contribution in [0.3, 0.4) is 0 Å². The molecule has 2 aromatic rings. The number of rotatable bonds is 7. The second kappa shape index (κ2) is 12.2. The highest BCUT2D eigenvalue weighted by Crippen LogP contribution is 2.37. The molecule has 1 unspecified atom stereocenters. The maximum Gasteiger partial charge on any atom is 0.492 e. The molecule has 2 amide bonds. The minimum atomic E-state index is -5.20. The van der Waals surface area contributed by atoms with Gasteiger partial charge < -0.3 is 14.6 Å². The first-order valence-electron chi connectivity index (χ1n) is 13.8. The van der Waals surface area contributed by atoms with Gasteiger partial charge in [0.05, 0.1) is 11.3 Å². The highest BCUT2D eigenvalue weighted by atomic mass is 19.4. The lowest BCUT2D eigenvalue weighted by atomic mass is 9.89. The number of H-pyrrole nitrogens is 1. The number of carbonyl (C=O) groups is 3. The molecular weight excluding hydrogens is 562 g/mol. The van der Waals surface area contributed by atoms with E-state index in [2.05, 4.69) is 15.0 Å². The molecule has 0 aliphatic carbocycles. The number of nitrogens with one attached hydrogen (secondary N) is 1. The number of aromatic amines is 1. The van der Waals surface area contributed by atoms with Crippen molar-refractivity contribution in [3.63, 3.8) is 0 Å². The summed E-state index contributed by atoms with van der Waals surface area (Å²) in [5, 5.41) is 7.38. The van der Waals surface area contributed by atoms with E-state index in [1.54, 1.807) is 20.8 Å². The first-order chi connectivity index (χ1) is 19.8. The molecule has 42 heavy (non-hydrogen) atoms. The number of hydroxylamine groups is 2. The second-order valence-corrected chi connectivity index (χ2v) is 10.7. The molecule has 0 radical (unpaired) electrons. The molecule has 228 valence electrons. The van der Waals surface area contributed by atoms with E-state index >= 15 is 0 Å². The number of nitrogens with zero attached hydrogens (tertiary/aromatic N) is 4. The third kappa shape index (κ3) is 6.18. The van der Waals surface area contributed by atoms with Gasteiger partial charge in [-0.25, -0.2) is 14.3 Å². The average Bonchev–Trinajstić information content (AvgIpc) is 3.36. The molecule has 14 heteroatoms. The number of piperazine rings is 1. The summed E-state index contributed by atoms with van der Waals surface area (Å²) >= 11 is 0. The Hall–Kier alpha value is -3.81. The van der Waals surface area contributed by atoms with Crippen molar-refractivity contribution in [1.82, 2.24) is 25.1 Å². The summed E-state index contributed by atoms with van der Waals surface area (Å²) in [6.45, 7) is 5.54. The molecule has 0 saturated carbocycles. The Morgan fingerprint density at radius 1 is 1.05 bits per heavy atom.